The molecule has 1 atom stereocenters. The number of H-pyrrole nitrogens is 1. The van der Waals surface area contributed by atoms with Gasteiger partial charge in [0, 0.05) is 17.1 Å². The number of imidazole rings is 1. The molecule has 1 saturated heterocycles. The van der Waals surface area contributed by atoms with E-state index in [2.05, 4.69) is 57.3 Å². The largest absolute Gasteiger partial charge is 0.371 e. The zero-order valence-electron chi connectivity index (χ0n) is 12.0. The number of fused-ring (bicyclic) bond motifs is 1. The first-order chi connectivity index (χ1) is 10.9. The summed E-state index contributed by atoms with van der Waals surface area (Å²) in [5.41, 5.74) is 3.23. The van der Waals surface area contributed by atoms with Crippen LogP contribution in [0.25, 0.3) is 11.0 Å². The smallest absolute Gasteiger partial charge is 0.103 e. The normalized spacial score (nSPS) is 18.7. The first-order valence-corrected chi connectivity index (χ1v) is 8.13. The molecule has 1 fully saturated rings. The summed E-state index contributed by atoms with van der Waals surface area (Å²) in [6.07, 6.45) is 1.73. The molecule has 1 N–H and O–H groups in total. The minimum Gasteiger partial charge on any atom is -0.371 e. The number of thioether (sulfide) groups is 1. The molecule has 0 amide bonds. The van der Waals surface area contributed by atoms with Crippen molar-refractivity contribution in [3.63, 3.8) is 0 Å². The number of rotatable bonds is 3. The van der Waals surface area contributed by atoms with Crippen molar-refractivity contribution in [3.8, 4) is 0 Å². The van der Waals surface area contributed by atoms with Crippen molar-refractivity contribution in [2.24, 2.45) is 0 Å². The highest BCUT2D eigenvalue weighted by Gasteiger charge is 2.24. The van der Waals surface area contributed by atoms with E-state index >= 15 is 0 Å². The van der Waals surface area contributed by atoms with E-state index in [1.54, 1.807) is 6.33 Å². The molecule has 4 nitrogen and oxygen atoms in total. The second kappa shape index (κ2) is 6.02. The Morgan fingerprint density at radius 1 is 1.18 bits per heavy atom. The predicted octanol–water partition coefficient (Wildman–Crippen LogP) is 3.68. The van der Waals surface area contributed by atoms with Gasteiger partial charge in [0.15, 0.2) is 0 Å². The average molecular weight is 310 g/mol. The second-order valence-electron chi connectivity index (χ2n) is 5.14. The molecule has 0 spiro atoms. The van der Waals surface area contributed by atoms with Crippen LogP contribution < -0.4 is 4.90 Å². The van der Waals surface area contributed by atoms with E-state index in [0.717, 1.165) is 17.6 Å². The summed E-state index contributed by atoms with van der Waals surface area (Å²) in [6, 6.07) is 16.8. The molecule has 1 aliphatic rings. The lowest BCUT2D eigenvalue weighted by atomic mass is 10.2. The zero-order chi connectivity index (χ0) is 14.8. The molecule has 2 heterocycles. The third-order valence-corrected chi connectivity index (χ3v) is 4.93. The topological polar surface area (TPSA) is 41.2 Å². The highest BCUT2D eigenvalue weighted by atomic mass is 32.2. The van der Waals surface area contributed by atoms with Gasteiger partial charge in [-0.25, -0.2) is 4.98 Å². The van der Waals surface area contributed by atoms with Gasteiger partial charge in [0.05, 0.1) is 24.0 Å². The van der Waals surface area contributed by atoms with E-state index in [1.165, 1.54) is 10.6 Å². The Balaban J connectivity index is 1.62. The van der Waals surface area contributed by atoms with E-state index in [1.807, 2.05) is 24.4 Å². The fourth-order valence-electron chi connectivity index (χ4n) is 2.62. The van der Waals surface area contributed by atoms with Crippen LogP contribution in [0.4, 0.5) is 5.69 Å². The molecule has 4 rings (SSSR count). The molecule has 1 aliphatic heterocycles. The summed E-state index contributed by atoms with van der Waals surface area (Å²) >= 11 is 1.83. The first kappa shape index (κ1) is 13.7. The molecular formula is C17H16N3OS. The van der Waals surface area contributed by atoms with E-state index in [4.69, 9.17) is 4.74 Å². The Labute approximate surface area is 133 Å². The number of benzene rings is 2. The fourth-order valence-corrected chi connectivity index (χ4v) is 3.73. The second-order valence-corrected chi connectivity index (χ2v) is 6.39. The molecule has 111 valence electrons. The maximum atomic E-state index is 5.57. The molecule has 3 aromatic rings. The summed E-state index contributed by atoms with van der Waals surface area (Å²) in [7, 11) is 0. The molecule has 0 bridgehead atoms. The van der Waals surface area contributed by atoms with Gasteiger partial charge in [-0.1, -0.05) is 30.0 Å². The summed E-state index contributed by atoms with van der Waals surface area (Å²) in [6.45, 7) is 3.33. The number of ether oxygens (including phenoxy) is 1. The van der Waals surface area contributed by atoms with Gasteiger partial charge >= 0.3 is 0 Å². The Morgan fingerprint density at radius 2 is 2.09 bits per heavy atom. The van der Waals surface area contributed by atoms with Crippen LogP contribution in [0.2, 0.25) is 0 Å². The summed E-state index contributed by atoms with van der Waals surface area (Å²) in [5.74, 6) is 0. The predicted molar refractivity (Wildman–Crippen MR) is 89.8 cm³/mol. The Kier molecular flexibility index (Phi) is 3.74. The maximum Gasteiger partial charge on any atom is 0.103 e. The lowest BCUT2D eigenvalue weighted by molar-refractivity contribution is 0.172. The SMILES string of the molecule is [CH]1CN(c2ccc3[nH]cnc3c2)C(Sc2ccccc2)CO1. The van der Waals surface area contributed by atoms with Crippen molar-refractivity contribution in [3.05, 3.63) is 61.5 Å². The van der Waals surface area contributed by atoms with Gasteiger partial charge in [-0.2, -0.15) is 0 Å². The number of anilines is 1. The number of aromatic nitrogens is 2. The number of hydrogen-bond donors (Lipinski definition) is 1. The molecule has 1 unspecified atom stereocenters. The monoisotopic (exact) mass is 310 g/mol. The Bertz CT molecular complexity index is 759. The van der Waals surface area contributed by atoms with Crippen molar-refractivity contribution in [1.29, 1.82) is 0 Å². The maximum absolute atomic E-state index is 5.57. The van der Waals surface area contributed by atoms with E-state index in [0.29, 0.717) is 6.61 Å². The highest BCUT2D eigenvalue weighted by molar-refractivity contribution is 8.00. The molecule has 22 heavy (non-hydrogen) atoms. The molecule has 5 heteroatoms. The standard InChI is InChI=1S/C17H16N3OS/c1-2-4-14(5-3-1)22-17-11-21-9-8-20(17)13-6-7-15-16(10-13)19-12-18-15/h1-7,9-10,12,17H,8,11H2,(H,18,19). The number of aromatic amines is 1. The fraction of sp³-hybridized carbons (Fsp3) is 0.176. The Morgan fingerprint density at radius 3 is 3.00 bits per heavy atom. The van der Waals surface area contributed by atoms with E-state index < -0.39 is 0 Å². The van der Waals surface area contributed by atoms with Gasteiger partial charge in [-0.05, 0) is 30.3 Å². The summed E-state index contributed by atoms with van der Waals surface area (Å²) in [4.78, 5) is 11.1. The van der Waals surface area contributed by atoms with Gasteiger partial charge in [-0.3, -0.25) is 0 Å². The molecule has 1 aromatic heterocycles. The Hall–Kier alpha value is -1.98. The van der Waals surface area contributed by atoms with Gasteiger partial charge in [0.2, 0.25) is 0 Å². The quantitative estimate of drug-likeness (QED) is 0.801. The zero-order valence-corrected chi connectivity index (χ0v) is 12.8. The number of hydrogen-bond acceptors (Lipinski definition) is 4. The van der Waals surface area contributed by atoms with Crippen LogP contribution in [0.15, 0.2) is 59.8 Å². The van der Waals surface area contributed by atoms with Crippen LogP contribution in [0.5, 0.6) is 0 Å². The number of nitrogens with one attached hydrogen (secondary N) is 1. The van der Waals surface area contributed by atoms with Crippen LogP contribution in [-0.2, 0) is 4.74 Å². The van der Waals surface area contributed by atoms with E-state index in [-0.39, 0.29) is 5.37 Å². The minimum absolute atomic E-state index is 0.254. The van der Waals surface area contributed by atoms with Gasteiger partial charge in [0.25, 0.3) is 0 Å². The van der Waals surface area contributed by atoms with Crippen molar-refractivity contribution in [2.45, 2.75) is 10.3 Å². The van der Waals surface area contributed by atoms with Crippen molar-refractivity contribution in [1.82, 2.24) is 9.97 Å². The minimum atomic E-state index is 0.254. The van der Waals surface area contributed by atoms with Crippen LogP contribution in [0.1, 0.15) is 0 Å². The first-order valence-electron chi connectivity index (χ1n) is 7.25. The number of morpholine rings is 1. The van der Waals surface area contributed by atoms with Crippen LogP contribution in [0, 0.1) is 6.61 Å². The lowest BCUT2D eigenvalue weighted by Gasteiger charge is -2.36. The molecular weight excluding hydrogens is 294 g/mol. The van der Waals surface area contributed by atoms with Crippen LogP contribution in [-0.4, -0.2) is 28.5 Å². The molecule has 1 radical (unpaired) electrons. The van der Waals surface area contributed by atoms with Crippen molar-refractivity contribution >= 4 is 28.5 Å². The van der Waals surface area contributed by atoms with Crippen molar-refractivity contribution < 1.29 is 4.74 Å². The number of nitrogens with zero attached hydrogens (tertiary/aromatic N) is 2. The van der Waals surface area contributed by atoms with Gasteiger partial charge in [0.1, 0.15) is 12.0 Å². The average Bonchev–Trinajstić information content (AvgIpc) is 3.04. The van der Waals surface area contributed by atoms with Crippen LogP contribution in [0.3, 0.4) is 0 Å². The third-order valence-electron chi connectivity index (χ3n) is 3.73. The molecule has 2 aromatic carbocycles. The van der Waals surface area contributed by atoms with Crippen molar-refractivity contribution in [2.75, 3.05) is 18.1 Å². The third kappa shape index (κ3) is 2.69. The lowest BCUT2D eigenvalue weighted by Crippen LogP contribution is -2.41. The summed E-state index contributed by atoms with van der Waals surface area (Å²) < 4.78 is 5.57. The molecule has 0 aliphatic carbocycles. The van der Waals surface area contributed by atoms with Gasteiger partial charge in [-0.15, -0.1) is 0 Å². The van der Waals surface area contributed by atoms with E-state index in [9.17, 15) is 0 Å². The molecule has 0 saturated carbocycles. The highest BCUT2D eigenvalue weighted by Crippen LogP contribution is 2.32. The summed E-state index contributed by atoms with van der Waals surface area (Å²) in [5, 5.41) is 0.254. The van der Waals surface area contributed by atoms with Gasteiger partial charge < -0.3 is 14.6 Å². The van der Waals surface area contributed by atoms with Crippen LogP contribution >= 0.6 is 11.8 Å².